The monoisotopic (exact) mass is 324 g/mol. The van der Waals surface area contributed by atoms with Crippen molar-refractivity contribution in [2.75, 3.05) is 6.61 Å². The molecule has 1 heterocycles. The molecule has 0 amide bonds. The van der Waals surface area contributed by atoms with E-state index in [9.17, 15) is 9.70 Å². The van der Waals surface area contributed by atoms with E-state index in [0.717, 1.165) is 20.9 Å². The van der Waals surface area contributed by atoms with E-state index < -0.39 is 12.0 Å². The molecule has 100 valence electrons. The summed E-state index contributed by atoms with van der Waals surface area (Å²) in [4.78, 5) is 25.4. The number of carbonyl (C=O) groups is 1. The van der Waals surface area contributed by atoms with Gasteiger partial charge in [-0.1, -0.05) is 21.1 Å². The lowest BCUT2D eigenvalue weighted by molar-refractivity contribution is -0.144. The molecule has 0 fully saturated rings. The van der Waals surface area contributed by atoms with E-state index >= 15 is 0 Å². The Morgan fingerprint density at radius 3 is 3.00 bits per heavy atom. The fourth-order valence-corrected chi connectivity index (χ4v) is 2.29. The van der Waals surface area contributed by atoms with E-state index in [2.05, 4.69) is 26.1 Å². The highest BCUT2D eigenvalue weighted by atomic mass is 79.9. The molecule has 19 heavy (non-hydrogen) atoms. The number of ether oxygens (including phenoxy) is 1. The van der Waals surface area contributed by atoms with Crippen LogP contribution in [0, 0.1) is 4.91 Å². The van der Waals surface area contributed by atoms with Gasteiger partial charge in [0.15, 0.2) is 6.04 Å². The molecule has 1 unspecified atom stereocenters. The number of benzene rings is 1. The average molecular weight is 325 g/mol. The van der Waals surface area contributed by atoms with Gasteiger partial charge in [0.2, 0.25) is 0 Å². The van der Waals surface area contributed by atoms with Crippen LogP contribution in [0.25, 0.3) is 10.9 Å². The van der Waals surface area contributed by atoms with Gasteiger partial charge in [0.05, 0.1) is 6.61 Å². The maximum Gasteiger partial charge on any atom is 0.334 e. The van der Waals surface area contributed by atoms with E-state index in [1.54, 1.807) is 13.1 Å². The Morgan fingerprint density at radius 2 is 2.32 bits per heavy atom. The van der Waals surface area contributed by atoms with Crippen LogP contribution in [-0.2, 0) is 16.0 Å². The Hall–Kier alpha value is -1.69. The van der Waals surface area contributed by atoms with Crippen molar-refractivity contribution >= 4 is 32.8 Å². The van der Waals surface area contributed by atoms with Crippen molar-refractivity contribution < 1.29 is 9.53 Å². The maximum atomic E-state index is 11.6. The van der Waals surface area contributed by atoms with Crippen LogP contribution >= 0.6 is 15.9 Å². The van der Waals surface area contributed by atoms with Gasteiger partial charge in [0.1, 0.15) is 0 Å². The topological polar surface area (TPSA) is 71.5 Å². The van der Waals surface area contributed by atoms with Crippen molar-refractivity contribution in [1.29, 1.82) is 0 Å². The summed E-state index contributed by atoms with van der Waals surface area (Å²) in [6.07, 6.45) is 2.02. The summed E-state index contributed by atoms with van der Waals surface area (Å²) in [5.74, 6) is -0.582. The molecule has 1 N–H and O–H groups in total. The fraction of sp³-hybridized carbons (Fsp3) is 0.308. The molecule has 1 aromatic carbocycles. The summed E-state index contributed by atoms with van der Waals surface area (Å²) in [5.41, 5.74) is 1.82. The molecular weight excluding hydrogens is 312 g/mol. The zero-order valence-corrected chi connectivity index (χ0v) is 11.9. The number of aromatic amines is 1. The van der Waals surface area contributed by atoms with Crippen LogP contribution in [0.1, 0.15) is 12.5 Å². The van der Waals surface area contributed by atoms with Crippen LogP contribution in [0.3, 0.4) is 0 Å². The highest BCUT2D eigenvalue weighted by Gasteiger charge is 2.22. The van der Waals surface area contributed by atoms with Gasteiger partial charge in [-0.15, -0.1) is 4.91 Å². The molecule has 1 aromatic heterocycles. The van der Waals surface area contributed by atoms with Gasteiger partial charge in [0, 0.05) is 28.0 Å². The number of esters is 1. The number of nitrogens with one attached hydrogen (secondary N) is 1. The standard InChI is InChI=1S/C13H13BrN2O3/c1-2-19-13(17)12(16-18)5-8-7-15-11-4-3-9(14)6-10(8)11/h3-4,6-7,12,15H,2,5H2,1H3. The maximum absolute atomic E-state index is 11.6. The molecule has 0 aliphatic rings. The van der Waals surface area contributed by atoms with Crippen molar-refractivity contribution in [2.45, 2.75) is 19.4 Å². The van der Waals surface area contributed by atoms with Gasteiger partial charge in [-0.2, -0.15) is 0 Å². The summed E-state index contributed by atoms with van der Waals surface area (Å²) in [6.45, 7) is 1.94. The molecular formula is C13H13BrN2O3. The third kappa shape index (κ3) is 3.01. The molecule has 0 spiro atoms. The molecule has 0 saturated carbocycles. The first-order valence-corrected chi connectivity index (χ1v) is 6.69. The van der Waals surface area contributed by atoms with Crippen LogP contribution in [0.4, 0.5) is 0 Å². The molecule has 2 aromatic rings. The number of rotatable bonds is 5. The summed E-state index contributed by atoms with van der Waals surface area (Å²) in [6, 6.07) is 4.78. The van der Waals surface area contributed by atoms with Crippen LogP contribution < -0.4 is 0 Å². The second kappa shape index (κ2) is 5.97. The minimum Gasteiger partial charge on any atom is -0.464 e. The lowest BCUT2D eigenvalue weighted by Crippen LogP contribution is -2.23. The highest BCUT2D eigenvalue weighted by Crippen LogP contribution is 2.24. The Balaban J connectivity index is 2.26. The number of hydrogen-bond donors (Lipinski definition) is 1. The van der Waals surface area contributed by atoms with Gasteiger partial charge in [-0.05, 0) is 30.7 Å². The molecule has 6 heteroatoms. The van der Waals surface area contributed by atoms with Crippen LogP contribution in [0.2, 0.25) is 0 Å². The fourth-order valence-electron chi connectivity index (χ4n) is 1.93. The van der Waals surface area contributed by atoms with E-state index in [1.165, 1.54) is 0 Å². The number of carbonyl (C=O) groups excluding carboxylic acids is 1. The normalized spacial score (nSPS) is 12.3. The molecule has 0 saturated heterocycles. The number of fused-ring (bicyclic) bond motifs is 1. The van der Waals surface area contributed by atoms with Crippen LogP contribution in [-0.4, -0.2) is 23.6 Å². The molecule has 5 nitrogen and oxygen atoms in total. The largest absolute Gasteiger partial charge is 0.464 e. The van der Waals surface area contributed by atoms with Gasteiger partial charge < -0.3 is 9.72 Å². The second-order valence-corrected chi connectivity index (χ2v) is 5.00. The van der Waals surface area contributed by atoms with E-state index in [1.807, 2.05) is 18.2 Å². The first kappa shape index (κ1) is 13.7. The quantitative estimate of drug-likeness (QED) is 0.678. The van der Waals surface area contributed by atoms with E-state index in [-0.39, 0.29) is 13.0 Å². The molecule has 0 aliphatic carbocycles. The SMILES string of the molecule is CCOC(=O)C(Cc1c[nH]c2ccc(Br)cc12)N=O. The van der Waals surface area contributed by atoms with Gasteiger partial charge in [-0.25, -0.2) is 4.79 Å². The Kier molecular flexibility index (Phi) is 4.31. The minimum atomic E-state index is -1.00. The van der Waals surface area contributed by atoms with Crippen LogP contribution in [0.5, 0.6) is 0 Å². The highest BCUT2D eigenvalue weighted by molar-refractivity contribution is 9.10. The zero-order valence-electron chi connectivity index (χ0n) is 10.4. The first-order valence-electron chi connectivity index (χ1n) is 5.90. The van der Waals surface area contributed by atoms with Gasteiger partial charge in [-0.3, -0.25) is 0 Å². The molecule has 0 aliphatic heterocycles. The minimum absolute atomic E-state index is 0.235. The van der Waals surface area contributed by atoms with Crippen LogP contribution in [0.15, 0.2) is 34.0 Å². The number of nitroso groups, excluding NO2 is 1. The Bertz CT molecular complexity index is 609. The third-order valence-electron chi connectivity index (χ3n) is 2.83. The first-order chi connectivity index (χ1) is 9.15. The summed E-state index contributed by atoms with van der Waals surface area (Å²) < 4.78 is 5.76. The summed E-state index contributed by atoms with van der Waals surface area (Å²) in [5, 5.41) is 3.83. The molecule has 0 radical (unpaired) electrons. The average Bonchev–Trinajstić information content (AvgIpc) is 2.78. The van der Waals surface area contributed by atoms with Gasteiger partial charge >= 0.3 is 5.97 Å². The lowest BCUT2D eigenvalue weighted by Gasteiger charge is -2.07. The van der Waals surface area contributed by atoms with E-state index in [0.29, 0.717) is 0 Å². The smallest absolute Gasteiger partial charge is 0.334 e. The van der Waals surface area contributed by atoms with E-state index in [4.69, 9.17) is 4.74 Å². The number of H-pyrrole nitrogens is 1. The number of aromatic nitrogens is 1. The van der Waals surface area contributed by atoms with Crippen molar-refractivity contribution in [3.05, 3.63) is 39.3 Å². The lowest BCUT2D eigenvalue weighted by atomic mass is 10.1. The van der Waals surface area contributed by atoms with Crippen molar-refractivity contribution in [1.82, 2.24) is 4.98 Å². The Labute approximate surface area is 118 Å². The summed E-state index contributed by atoms with van der Waals surface area (Å²) in [7, 11) is 0. The van der Waals surface area contributed by atoms with Crippen molar-refractivity contribution in [3.8, 4) is 0 Å². The molecule has 2 rings (SSSR count). The van der Waals surface area contributed by atoms with Crippen molar-refractivity contribution in [2.24, 2.45) is 5.18 Å². The Morgan fingerprint density at radius 1 is 1.53 bits per heavy atom. The predicted octanol–water partition coefficient (Wildman–Crippen LogP) is 3.17. The zero-order chi connectivity index (χ0) is 13.8. The summed E-state index contributed by atoms with van der Waals surface area (Å²) >= 11 is 3.40. The predicted molar refractivity (Wildman–Crippen MR) is 75.9 cm³/mol. The molecule has 0 bridgehead atoms. The number of hydrogen-bond acceptors (Lipinski definition) is 4. The number of halogens is 1. The van der Waals surface area contributed by atoms with Crippen molar-refractivity contribution in [3.63, 3.8) is 0 Å². The van der Waals surface area contributed by atoms with Gasteiger partial charge in [0.25, 0.3) is 0 Å². The second-order valence-electron chi connectivity index (χ2n) is 4.08. The number of nitrogens with zero attached hydrogens (tertiary/aromatic N) is 1. The molecule has 1 atom stereocenters. The third-order valence-corrected chi connectivity index (χ3v) is 3.32.